The molecule has 0 unspecified atom stereocenters. The molecule has 0 bridgehead atoms. The number of benzene rings is 2. The number of allylic oxidation sites excluding steroid dienone is 1. The Hall–Kier alpha value is -3.28. The Kier molecular flexibility index (Phi) is 9.45. The summed E-state index contributed by atoms with van der Waals surface area (Å²) in [4.78, 5) is 22.5. The molecule has 6 heteroatoms. The number of aliphatic carboxylic acids is 1. The van der Waals surface area contributed by atoms with Crippen molar-refractivity contribution in [2.45, 2.75) is 38.5 Å². The lowest BCUT2D eigenvalue weighted by molar-refractivity contribution is -0.137. The highest BCUT2D eigenvalue weighted by Crippen LogP contribution is 2.27. The van der Waals surface area contributed by atoms with E-state index in [9.17, 15) is 14.7 Å². The number of aromatic hydroxyl groups is 1. The van der Waals surface area contributed by atoms with Crippen LogP contribution in [0.4, 0.5) is 0 Å². The number of ketones is 1. The summed E-state index contributed by atoms with van der Waals surface area (Å²) in [5.74, 6) is -0.0279. The molecule has 0 radical (unpaired) electrons. The van der Waals surface area contributed by atoms with Crippen LogP contribution in [0.5, 0.6) is 17.2 Å². The van der Waals surface area contributed by atoms with Crippen LogP contribution >= 0.6 is 0 Å². The first-order chi connectivity index (χ1) is 14.5. The fourth-order valence-corrected chi connectivity index (χ4v) is 2.84. The zero-order valence-electron chi connectivity index (χ0n) is 17.2. The van der Waals surface area contributed by atoms with E-state index in [-0.39, 0.29) is 30.8 Å². The number of Topliss-reactive ketones (excluding diaryl/α,β-unsaturated/α-hetero) is 1. The standard InChI is InChI=1S/C24H28O6/c1-29-20-13-10-18(11-14-20)7-4-2-3-5-16-30-23-15-12-19(17-22(23)26)21(25)8-6-9-24(27)28/h4,7,10-15,17,26H,2-3,5-6,8-9,16H2,1H3,(H,27,28)/b7-4+. The number of methoxy groups -OCH3 is 1. The van der Waals surface area contributed by atoms with Gasteiger partial charge in [0.15, 0.2) is 17.3 Å². The minimum absolute atomic E-state index is 0.0474. The second-order valence-corrected chi connectivity index (χ2v) is 6.87. The molecule has 0 aliphatic heterocycles. The molecule has 0 fully saturated rings. The van der Waals surface area contributed by atoms with E-state index in [4.69, 9.17) is 14.6 Å². The van der Waals surface area contributed by atoms with Crippen molar-refractivity contribution in [3.05, 3.63) is 59.7 Å². The van der Waals surface area contributed by atoms with E-state index < -0.39 is 5.97 Å². The van der Waals surface area contributed by atoms with Crippen molar-refractivity contribution >= 4 is 17.8 Å². The van der Waals surface area contributed by atoms with E-state index >= 15 is 0 Å². The number of ether oxygens (including phenoxy) is 2. The first-order valence-electron chi connectivity index (χ1n) is 10.0. The maximum Gasteiger partial charge on any atom is 0.303 e. The largest absolute Gasteiger partial charge is 0.504 e. The van der Waals surface area contributed by atoms with Gasteiger partial charge in [0.2, 0.25) is 0 Å². The minimum atomic E-state index is -0.925. The molecule has 30 heavy (non-hydrogen) atoms. The molecule has 0 aromatic heterocycles. The molecule has 0 saturated carbocycles. The third kappa shape index (κ3) is 7.99. The third-order valence-corrected chi connectivity index (χ3v) is 4.52. The highest BCUT2D eigenvalue weighted by molar-refractivity contribution is 5.96. The number of hydrogen-bond donors (Lipinski definition) is 2. The van der Waals surface area contributed by atoms with Crippen molar-refractivity contribution in [1.29, 1.82) is 0 Å². The van der Waals surface area contributed by atoms with Crippen molar-refractivity contribution < 1.29 is 29.3 Å². The van der Waals surface area contributed by atoms with E-state index in [0.717, 1.165) is 30.6 Å². The van der Waals surface area contributed by atoms with Crippen molar-refractivity contribution in [2.75, 3.05) is 13.7 Å². The molecule has 0 aliphatic rings. The lowest BCUT2D eigenvalue weighted by Crippen LogP contribution is -2.02. The molecule has 0 aliphatic carbocycles. The van der Waals surface area contributed by atoms with Gasteiger partial charge >= 0.3 is 5.97 Å². The molecule has 0 atom stereocenters. The molecule has 0 heterocycles. The highest BCUT2D eigenvalue weighted by Gasteiger charge is 2.11. The molecule has 2 N–H and O–H groups in total. The normalized spacial score (nSPS) is 10.8. The molecule has 160 valence electrons. The highest BCUT2D eigenvalue weighted by atomic mass is 16.5. The number of unbranched alkanes of at least 4 members (excludes halogenated alkanes) is 2. The zero-order chi connectivity index (χ0) is 21.8. The summed E-state index contributed by atoms with van der Waals surface area (Å²) in [5, 5.41) is 18.7. The number of carbonyl (C=O) groups is 2. The van der Waals surface area contributed by atoms with Crippen LogP contribution in [0.25, 0.3) is 6.08 Å². The van der Waals surface area contributed by atoms with E-state index in [1.165, 1.54) is 6.07 Å². The number of phenols is 1. The Balaban J connectivity index is 1.68. The summed E-state index contributed by atoms with van der Waals surface area (Å²) < 4.78 is 10.7. The van der Waals surface area contributed by atoms with Gasteiger partial charge < -0.3 is 19.7 Å². The fraction of sp³-hybridized carbons (Fsp3) is 0.333. The Morgan fingerprint density at radius 1 is 1.00 bits per heavy atom. The average molecular weight is 412 g/mol. The zero-order valence-corrected chi connectivity index (χ0v) is 17.2. The summed E-state index contributed by atoms with van der Waals surface area (Å²) in [5.41, 5.74) is 1.48. The Bertz CT molecular complexity index is 854. The number of carbonyl (C=O) groups excluding carboxylic acids is 1. The maximum atomic E-state index is 12.0. The van der Waals surface area contributed by atoms with Gasteiger partial charge in [-0.3, -0.25) is 9.59 Å². The summed E-state index contributed by atoms with van der Waals surface area (Å²) in [6.45, 7) is 0.468. The molecular weight excluding hydrogens is 384 g/mol. The third-order valence-electron chi connectivity index (χ3n) is 4.52. The van der Waals surface area contributed by atoms with Gasteiger partial charge in [-0.15, -0.1) is 0 Å². The van der Waals surface area contributed by atoms with Crippen molar-refractivity contribution in [1.82, 2.24) is 0 Å². The predicted molar refractivity (Wildman–Crippen MR) is 115 cm³/mol. The first kappa shape index (κ1) is 23.0. The van der Waals surface area contributed by atoms with Gasteiger partial charge in [-0.2, -0.15) is 0 Å². The van der Waals surface area contributed by atoms with Crippen LogP contribution in [-0.2, 0) is 4.79 Å². The summed E-state index contributed by atoms with van der Waals surface area (Å²) >= 11 is 0. The number of carboxylic acids is 1. The second-order valence-electron chi connectivity index (χ2n) is 6.87. The summed E-state index contributed by atoms with van der Waals surface area (Å²) in [6, 6.07) is 12.4. The number of carboxylic acid groups (broad SMARTS) is 1. The van der Waals surface area contributed by atoms with E-state index in [0.29, 0.717) is 17.9 Å². The lowest BCUT2D eigenvalue weighted by atomic mass is 10.0. The van der Waals surface area contributed by atoms with Gasteiger partial charge in [-0.05, 0) is 61.6 Å². The lowest BCUT2D eigenvalue weighted by Gasteiger charge is -2.09. The Morgan fingerprint density at radius 2 is 1.77 bits per heavy atom. The molecule has 2 rings (SSSR count). The summed E-state index contributed by atoms with van der Waals surface area (Å²) in [7, 11) is 1.64. The van der Waals surface area contributed by atoms with E-state index in [1.54, 1.807) is 19.2 Å². The first-order valence-corrected chi connectivity index (χ1v) is 10.0. The Morgan fingerprint density at radius 3 is 2.43 bits per heavy atom. The van der Waals surface area contributed by atoms with Crippen LogP contribution in [0, 0.1) is 0 Å². The maximum absolute atomic E-state index is 12.0. The van der Waals surface area contributed by atoms with Crippen LogP contribution in [0.2, 0.25) is 0 Å². The van der Waals surface area contributed by atoms with Crippen LogP contribution in [0.15, 0.2) is 48.5 Å². The molecule has 2 aromatic carbocycles. The molecule has 6 nitrogen and oxygen atoms in total. The second kappa shape index (κ2) is 12.3. The van der Waals surface area contributed by atoms with Crippen LogP contribution < -0.4 is 9.47 Å². The SMILES string of the molecule is COc1ccc(/C=C/CCCCOc2ccc(C(=O)CCCC(=O)O)cc2O)cc1. The predicted octanol–water partition coefficient (Wildman–Crippen LogP) is 5.10. The topological polar surface area (TPSA) is 93.1 Å². The minimum Gasteiger partial charge on any atom is -0.504 e. The number of rotatable bonds is 13. The smallest absolute Gasteiger partial charge is 0.303 e. The molecule has 2 aromatic rings. The molecule has 0 spiro atoms. The van der Waals surface area contributed by atoms with Gasteiger partial charge in [-0.1, -0.05) is 24.3 Å². The quantitative estimate of drug-likeness (QED) is 0.351. The van der Waals surface area contributed by atoms with Crippen molar-refractivity contribution in [2.24, 2.45) is 0 Å². The van der Waals surface area contributed by atoms with Gasteiger partial charge in [0.25, 0.3) is 0 Å². The van der Waals surface area contributed by atoms with E-state index in [2.05, 4.69) is 12.2 Å². The van der Waals surface area contributed by atoms with E-state index in [1.807, 2.05) is 24.3 Å². The average Bonchev–Trinajstić information content (AvgIpc) is 2.74. The fourth-order valence-electron chi connectivity index (χ4n) is 2.84. The van der Waals surface area contributed by atoms with Gasteiger partial charge in [0.1, 0.15) is 5.75 Å². The molecule has 0 saturated heterocycles. The molecule has 0 amide bonds. The van der Waals surface area contributed by atoms with Crippen molar-refractivity contribution in [3.8, 4) is 17.2 Å². The Labute approximate surface area is 176 Å². The van der Waals surface area contributed by atoms with Crippen LogP contribution in [0.3, 0.4) is 0 Å². The summed E-state index contributed by atoms with van der Waals surface area (Å²) in [6.07, 6.45) is 7.26. The van der Waals surface area contributed by atoms with Gasteiger partial charge in [0.05, 0.1) is 13.7 Å². The van der Waals surface area contributed by atoms with Crippen molar-refractivity contribution in [3.63, 3.8) is 0 Å². The number of hydrogen-bond acceptors (Lipinski definition) is 5. The van der Waals surface area contributed by atoms with Gasteiger partial charge in [0, 0.05) is 18.4 Å². The van der Waals surface area contributed by atoms with Crippen LogP contribution in [0.1, 0.15) is 54.4 Å². The monoisotopic (exact) mass is 412 g/mol. The van der Waals surface area contributed by atoms with Crippen LogP contribution in [-0.4, -0.2) is 35.7 Å². The number of phenolic OH excluding ortho intramolecular Hbond substituents is 1. The molecular formula is C24H28O6. The van der Waals surface area contributed by atoms with Gasteiger partial charge in [-0.25, -0.2) is 0 Å².